The second-order valence-corrected chi connectivity index (χ2v) is 6.72. The summed E-state index contributed by atoms with van der Waals surface area (Å²) in [7, 11) is 0. The molecule has 1 heterocycles. The molecule has 0 bridgehead atoms. The highest BCUT2D eigenvalue weighted by Crippen LogP contribution is 2.16. The predicted octanol–water partition coefficient (Wildman–Crippen LogP) is 4.50. The molecule has 0 aliphatic carbocycles. The Bertz CT molecular complexity index is 862. The normalized spacial score (nSPS) is 11.2. The summed E-state index contributed by atoms with van der Waals surface area (Å²) in [6.45, 7) is 7.92. The van der Waals surface area contributed by atoms with Gasteiger partial charge in [-0.05, 0) is 47.7 Å². The molecule has 0 saturated carbocycles. The molecule has 1 amide bonds. The number of nitrogens with zero attached hydrogens (tertiary/aromatic N) is 2. The van der Waals surface area contributed by atoms with Gasteiger partial charge in [-0.15, -0.1) is 0 Å². The first kappa shape index (κ1) is 17.2. The minimum absolute atomic E-state index is 0.0492. The molecule has 0 atom stereocenters. The Labute approximate surface area is 148 Å². The number of aryl methyl sites for hydroxylation is 1. The van der Waals surface area contributed by atoms with Crippen molar-refractivity contribution in [2.75, 3.05) is 0 Å². The van der Waals surface area contributed by atoms with Crippen LogP contribution in [0.5, 0.6) is 0 Å². The number of fused-ring (bicyclic) bond motifs is 1. The second-order valence-electron chi connectivity index (χ2n) is 6.72. The third-order valence-electron chi connectivity index (χ3n) is 4.44. The summed E-state index contributed by atoms with van der Waals surface area (Å²) in [6.07, 6.45) is 2.96. The van der Waals surface area contributed by atoms with Gasteiger partial charge in [-0.3, -0.25) is 4.79 Å². The summed E-state index contributed by atoms with van der Waals surface area (Å²) >= 11 is 0. The Morgan fingerprint density at radius 3 is 2.60 bits per heavy atom. The maximum absolute atomic E-state index is 12.3. The van der Waals surface area contributed by atoms with Gasteiger partial charge < -0.3 is 9.88 Å². The third kappa shape index (κ3) is 3.90. The smallest absolute Gasteiger partial charge is 0.251 e. The van der Waals surface area contributed by atoms with Crippen LogP contribution in [0.15, 0.2) is 48.8 Å². The molecule has 3 aromatic rings. The minimum atomic E-state index is -0.0492. The van der Waals surface area contributed by atoms with Gasteiger partial charge in [-0.1, -0.05) is 39.0 Å². The molecule has 0 saturated heterocycles. The topological polar surface area (TPSA) is 46.9 Å². The molecule has 1 N–H and O–H groups in total. The van der Waals surface area contributed by atoms with Crippen LogP contribution in [0.25, 0.3) is 11.0 Å². The molecule has 25 heavy (non-hydrogen) atoms. The number of rotatable bonds is 6. The number of nitrogens with one attached hydrogen (secondary N) is 1. The van der Waals surface area contributed by atoms with Crippen molar-refractivity contribution in [2.24, 2.45) is 0 Å². The molecule has 1 aromatic heterocycles. The number of carbonyl (C=O) groups excluding carboxylic acids is 1. The molecule has 0 fully saturated rings. The lowest BCUT2D eigenvalue weighted by molar-refractivity contribution is 0.0951. The zero-order valence-electron chi connectivity index (χ0n) is 15.1. The fraction of sp³-hybridized carbons (Fsp3) is 0.333. The van der Waals surface area contributed by atoms with Gasteiger partial charge in [0.05, 0.1) is 17.4 Å². The van der Waals surface area contributed by atoms with Crippen LogP contribution < -0.4 is 5.32 Å². The van der Waals surface area contributed by atoms with Crippen LogP contribution in [0.1, 0.15) is 54.6 Å². The van der Waals surface area contributed by atoms with Gasteiger partial charge in [-0.25, -0.2) is 4.98 Å². The van der Waals surface area contributed by atoms with Crippen LogP contribution in [0.2, 0.25) is 0 Å². The zero-order valence-corrected chi connectivity index (χ0v) is 15.1. The van der Waals surface area contributed by atoms with E-state index >= 15 is 0 Å². The average molecular weight is 335 g/mol. The van der Waals surface area contributed by atoms with E-state index in [2.05, 4.69) is 47.8 Å². The van der Waals surface area contributed by atoms with Gasteiger partial charge in [0.2, 0.25) is 0 Å². The summed E-state index contributed by atoms with van der Waals surface area (Å²) in [5.41, 5.74) is 5.10. The van der Waals surface area contributed by atoms with Gasteiger partial charge in [0.1, 0.15) is 0 Å². The Morgan fingerprint density at radius 1 is 1.16 bits per heavy atom. The molecule has 2 aromatic carbocycles. The zero-order chi connectivity index (χ0) is 17.8. The highest BCUT2D eigenvalue weighted by molar-refractivity contribution is 5.94. The molecule has 4 heteroatoms. The van der Waals surface area contributed by atoms with Crippen LogP contribution in [0.4, 0.5) is 0 Å². The van der Waals surface area contributed by atoms with Crippen LogP contribution >= 0.6 is 0 Å². The fourth-order valence-electron chi connectivity index (χ4n) is 2.94. The Morgan fingerprint density at radius 2 is 1.92 bits per heavy atom. The lowest BCUT2D eigenvalue weighted by Crippen LogP contribution is -2.22. The third-order valence-corrected chi connectivity index (χ3v) is 4.44. The van der Waals surface area contributed by atoms with Crippen molar-refractivity contribution in [3.63, 3.8) is 0 Å². The molecular weight excluding hydrogens is 310 g/mol. The SMILES string of the molecule is CCCn1cnc2cc(CNC(=O)c3ccc(C(C)C)cc3)ccc21. The van der Waals surface area contributed by atoms with E-state index < -0.39 is 0 Å². The van der Waals surface area contributed by atoms with Gasteiger partial charge in [0, 0.05) is 18.7 Å². The van der Waals surface area contributed by atoms with Gasteiger partial charge in [0.25, 0.3) is 5.91 Å². The molecular formula is C21H25N3O. The van der Waals surface area contributed by atoms with E-state index in [1.807, 2.05) is 36.7 Å². The quantitative estimate of drug-likeness (QED) is 0.721. The van der Waals surface area contributed by atoms with Crippen molar-refractivity contribution in [1.82, 2.24) is 14.9 Å². The monoisotopic (exact) mass is 335 g/mol. The average Bonchev–Trinajstić information content (AvgIpc) is 3.02. The maximum atomic E-state index is 12.3. The van der Waals surface area contributed by atoms with E-state index in [1.165, 1.54) is 5.56 Å². The van der Waals surface area contributed by atoms with E-state index in [0.717, 1.165) is 29.6 Å². The molecule has 3 rings (SSSR count). The van der Waals surface area contributed by atoms with Crippen molar-refractivity contribution in [1.29, 1.82) is 0 Å². The molecule has 0 radical (unpaired) electrons. The fourth-order valence-corrected chi connectivity index (χ4v) is 2.94. The number of benzene rings is 2. The van der Waals surface area contributed by atoms with Crippen molar-refractivity contribution < 1.29 is 4.79 Å². The summed E-state index contributed by atoms with van der Waals surface area (Å²) < 4.78 is 2.16. The summed E-state index contributed by atoms with van der Waals surface area (Å²) in [5.74, 6) is 0.420. The molecule has 0 spiro atoms. The van der Waals surface area contributed by atoms with E-state index in [0.29, 0.717) is 18.0 Å². The Kier molecular flexibility index (Phi) is 5.17. The number of aromatic nitrogens is 2. The maximum Gasteiger partial charge on any atom is 0.251 e. The van der Waals surface area contributed by atoms with Crippen LogP contribution in [0, 0.1) is 0 Å². The molecule has 0 unspecified atom stereocenters. The lowest BCUT2D eigenvalue weighted by atomic mass is 10.0. The van der Waals surface area contributed by atoms with E-state index in [4.69, 9.17) is 0 Å². The van der Waals surface area contributed by atoms with Crippen molar-refractivity contribution in [2.45, 2.75) is 46.2 Å². The highest BCUT2D eigenvalue weighted by Gasteiger charge is 2.08. The largest absolute Gasteiger partial charge is 0.348 e. The van der Waals surface area contributed by atoms with E-state index in [-0.39, 0.29) is 5.91 Å². The summed E-state index contributed by atoms with van der Waals surface area (Å²) in [4.78, 5) is 16.8. The Hall–Kier alpha value is -2.62. The number of amides is 1. The van der Waals surface area contributed by atoms with Crippen LogP contribution in [-0.4, -0.2) is 15.5 Å². The van der Waals surface area contributed by atoms with Crippen molar-refractivity contribution in [3.8, 4) is 0 Å². The number of hydrogen-bond donors (Lipinski definition) is 1. The van der Waals surface area contributed by atoms with Crippen LogP contribution in [0.3, 0.4) is 0 Å². The van der Waals surface area contributed by atoms with E-state index in [1.54, 1.807) is 0 Å². The second kappa shape index (κ2) is 7.51. The lowest BCUT2D eigenvalue weighted by Gasteiger charge is -2.08. The van der Waals surface area contributed by atoms with Gasteiger partial charge in [0.15, 0.2) is 0 Å². The minimum Gasteiger partial charge on any atom is -0.348 e. The highest BCUT2D eigenvalue weighted by atomic mass is 16.1. The predicted molar refractivity (Wildman–Crippen MR) is 102 cm³/mol. The van der Waals surface area contributed by atoms with Gasteiger partial charge in [-0.2, -0.15) is 0 Å². The molecule has 4 nitrogen and oxygen atoms in total. The van der Waals surface area contributed by atoms with Crippen LogP contribution in [-0.2, 0) is 13.1 Å². The first-order chi connectivity index (χ1) is 12.1. The molecule has 0 aliphatic rings. The first-order valence-electron chi connectivity index (χ1n) is 8.90. The standard InChI is InChI=1S/C21H25N3O/c1-4-11-24-14-23-19-12-16(5-10-20(19)24)13-22-21(25)18-8-6-17(7-9-18)15(2)3/h5-10,12,14-15H,4,11,13H2,1-3H3,(H,22,25). The Balaban J connectivity index is 1.66. The first-order valence-corrected chi connectivity index (χ1v) is 8.90. The van der Waals surface area contributed by atoms with E-state index in [9.17, 15) is 4.79 Å². The van der Waals surface area contributed by atoms with Crippen molar-refractivity contribution in [3.05, 3.63) is 65.5 Å². The summed E-state index contributed by atoms with van der Waals surface area (Å²) in [5, 5.41) is 2.99. The summed E-state index contributed by atoms with van der Waals surface area (Å²) in [6, 6.07) is 14.0. The molecule has 0 aliphatic heterocycles. The van der Waals surface area contributed by atoms with Crippen molar-refractivity contribution >= 4 is 16.9 Å². The van der Waals surface area contributed by atoms with Gasteiger partial charge >= 0.3 is 0 Å². The number of carbonyl (C=O) groups is 1. The number of imidazole rings is 1. The number of hydrogen-bond acceptors (Lipinski definition) is 2. The molecule has 130 valence electrons.